The van der Waals surface area contributed by atoms with Crippen molar-refractivity contribution in [2.24, 2.45) is 5.92 Å². The average molecular weight is 438 g/mol. The smallest absolute Gasteiger partial charge is 0.262 e. The maximum absolute atomic E-state index is 13.5. The molecular weight excluding hydrogens is 409 g/mol. The van der Waals surface area contributed by atoms with E-state index in [9.17, 15) is 18.8 Å². The van der Waals surface area contributed by atoms with Crippen LogP contribution in [0.15, 0.2) is 48.5 Å². The fourth-order valence-electron chi connectivity index (χ4n) is 4.54. The number of hydrogen-bond acceptors (Lipinski definition) is 4. The number of carbonyl (C=O) groups excluding carboxylic acids is 3. The van der Waals surface area contributed by atoms with E-state index in [1.807, 2.05) is 13.8 Å². The van der Waals surface area contributed by atoms with Crippen LogP contribution in [0.25, 0.3) is 0 Å². The molecule has 0 bridgehead atoms. The van der Waals surface area contributed by atoms with Gasteiger partial charge in [0.15, 0.2) is 0 Å². The second-order valence-corrected chi connectivity index (χ2v) is 8.80. The highest BCUT2D eigenvalue weighted by Gasteiger charge is 2.45. The fraction of sp³-hybridized carbons (Fsp3) is 0.400. The maximum Gasteiger partial charge on any atom is 0.262 e. The van der Waals surface area contributed by atoms with Gasteiger partial charge in [-0.1, -0.05) is 38.1 Å². The number of imide groups is 1. The van der Waals surface area contributed by atoms with Crippen LogP contribution in [0.5, 0.6) is 0 Å². The molecule has 1 unspecified atom stereocenters. The normalized spacial score (nSPS) is 18.1. The summed E-state index contributed by atoms with van der Waals surface area (Å²) in [6.45, 7) is 7.01. The van der Waals surface area contributed by atoms with Crippen LogP contribution in [0.3, 0.4) is 0 Å². The molecule has 32 heavy (non-hydrogen) atoms. The molecule has 0 radical (unpaired) electrons. The van der Waals surface area contributed by atoms with Gasteiger partial charge in [0.05, 0.1) is 11.1 Å². The van der Waals surface area contributed by atoms with Gasteiger partial charge in [-0.3, -0.25) is 24.2 Å². The van der Waals surface area contributed by atoms with Crippen LogP contribution >= 0.6 is 0 Å². The van der Waals surface area contributed by atoms with Crippen LogP contribution in [0.4, 0.5) is 4.39 Å². The maximum atomic E-state index is 13.5. The Morgan fingerprint density at radius 3 is 2.12 bits per heavy atom. The van der Waals surface area contributed by atoms with Gasteiger partial charge in [-0.25, -0.2) is 4.39 Å². The first-order chi connectivity index (χ1) is 15.4. The molecule has 2 heterocycles. The third-order valence-corrected chi connectivity index (χ3v) is 6.21. The molecule has 0 aromatic heterocycles. The SMILES string of the molecule is CC(C)C(C(=O)N1CCCN(Cc2ccc(F)cc2)CC1)N1C(=O)c2ccccc2C1=O. The molecule has 2 aliphatic rings. The topological polar surface area (TPSA) is 60.9 Å². The molecule has 0 aliphatic carbocycles. The van der Waals surface area contributed by atoms with Crippen LogP contribution in [-0.4, -0.2) is 64.6 Å². The van der Waals surface area contributed by atoms with Gasteiger partial charge in [-0.15, -0.1) is 0 Å². The van der Waals surface area contributed by atoms with Crippen molar-refractivity contribution >= 4 is 17.7 Å². The van der Waals surface area contributed by atoms with Crippen molar-refractivity contribution in [1.82, 2.24) is 14.7 Å². The lowest BCUT2D eigenvalue weighted by Gasteiger charge is -2.33. The molecule has 7 heteroatoms. The van der Waals surface area contributed by atoms with Crippen LogP contribution in [0, 0.1) is 11.7 Å². The highest BCUT2D eigenvalue weighted by Crippen LogP contribution is 2.28. The molecule has 2 aromatic rings. The van der Waals surface area contributed by atoms with Gasteiger partial charge in [-0.2, -0.15) is 0 Å². The van der Waals surface area contributed by atoms with E-state index >= 15 is 0 Å². The molecule has 1 atom stereocenters. The van der Waals surface area contributed by atoms with Crippen molar-refractivity contribution < 1.29 is 18.8 Å². The van der Waals surface area contributed by atoms with Gasteiger partial charge in [0.2, 0.25) is 5.91 Å². The second kappa shape index (κ2) is 9.20. The van der Waals surface area contributed by atoms with E-state index < -0.39 is 17.9 Å². The molecule has 1 fully saturated rings. The highest BCUT2D eigenvalue weighted by molar-refractivity contribution is 6.22. The highest BCUT2D eigenvalue weighted by atomic mass is 19.1. The van der Waals surface area contributed by atoms with E-state index in [1.165, 1.54) is 12.1 Å². The quantitative estimate of drug-likeness (QED) is 0.674. The Kier molecular flexibility index (Phi) is 6.37. The van der Waals surface area contributed by atoms with Crippen molar-refractivity contribution in [1.29, 1.82) is 0 Å². The number of rotatable bonds is 5. The summed E-state index contributed by atoms with van der Waals surface area (Å²) < 4.78 is 13.2. The molecule has 2 aliphatic heterocycles. The Morgan fingerprint density at radius 2 is 1.53 bits per heavy atom. The van der Waals surface area contributed by atoms with Crippen molar-refractivity contribution in [2.45, 2.75) is 32.9 Å². The Hall–Kier alpha value is -3.06. The summed E-state index contributed by atoms with van der Waals surface area (Å²) in [5.41, 5.74) is 1.74. The van der Waals surface area contributed by atoms with E-state index in [0.29, 0.717) is 37.3 Å². The number of halogens is 1. The number of fused-ring (bicyclic) bond motifs is 1. The first-order valence-corrected chi connectivity index (χ1v) is 11.1. The molecule has 2 aromatic carbocycles. The zero-order chi connectivity index (χ0) is 22.8. The van der Waals surface area contributed by atoms with E-state index in [0.717, 1.165) is 23.4 Å². The molecule has 4 rings (SSSR count). The molecule has 3 amide bonds. The van der Waals surface area contributed by atoms with Crippen LogP contribution in [-0.2, 0) is 11.3 Å². The van der Waals surface area contributed by atoms with Crippen molar-refractivity contribution in [3.05, 3.63) is 71.0 Å². The summed E-state index contributed by atoms with van der Waals surface area (Å²) in [6, 6.07) is 12.4. The molecule has 0 spiro atoms. The number of benzene rings is 2. The number of hydrogen-bond donors (Lipinski definition) is 0. The molecule has 0 N–H and O–H groups in total. The van der Waals surface area contributed by atoms with Gasteiger partial charge < -0.3 is 4.90 Å². The lowest BCUT2D eigenvalue weighted by molar-refractivity contribution is -0.136. The second-order valence-electron chi connectivity index (χ2n) is 8.80. The van der Waals surface area contributed by atoms with Crippen molar-refractivity contribution in [3.8, 4) is 0 Å². The standard InChI is InChI=1S/C25H28FN3O3/c1-17(2)22(29-23(30)20-6-3-4-7-21(20)24(29)31)25(32)28-13-5-12-27(14-15-28)16-18-8-10-19(26)11-9-18/h3-4,6-11,17,22H,5,12-16H2,1-2H3. The Morgan fingerprint density at radius 1 is 0.906 bits per heavy atom. The fourth-order valence-corrected chi connectivity index (χ4v) is 4.54. The Bertz CT molecular complexity index is 986. The van der Waals surface area contributed by atoms with E-state index in [4.69, 9.17) is 0 Å². The molecule has 168 valence electrons. The van der Waals surface area contributed by atoms with E-state index in [1.54, 1.807) is 41.3 Å². The first kappa shape index (κ1) is 22.1. The van der Waals surface area contributed by atoms with Gasteiger partial charge >= 0.3 is 0 Å². The van der Waals surface area contributed by atoms with Crippen LogP contribution in [0.2, 0.25) is 0 Å². The third-order valence-electron chi connectivity index (χ3n) is 6.21. The lowest BCUT2D eigenvalue weighted by Crippen LogP contribution is -2.54. The number of carbonyl (C=O) groups is 3. The van der Waals surface area contributed by atoms with E-state index in [2.05, 4.69) is 4.90 Å². The predicted octanol–water partition coefficient (Wildman–Crippen LogP) is 3.18. The summed E-state index contributed by atoms with van der Waals surface area (Å²) in [6.07, 6.45) is 0.792. The van der Waals surface area contributed by atoms with Crippen LogP contribution in [0.1, 0.15) is 46.5 Å². The molecule has 6 nitrogen and oxygen atoms in total. The summed E-state index contributed by atoms with van der Waals surface area (Å²) in [7, 11) is 0. The monoisotopic (exact) mass is 437 g/mol. The average Bonchev–Trinajstić information content (AvgIpc) is 2.93. The molecule has 1 saturated heterocycles. The zero-order valence-corrected chi connectivity index (χ0v) is 18.5. The number of nitrogens with zero attached hydrogens (tertiary/aromatic N) is 3. The van der Waals surface area contributed by atoms with Crippen molar-refractivity contribution in [2.75, 3.05) is 26.2 Å². The summed E-state index contributed by atoms with van der Waals surface area (Å²) >= 11 is 0. The summed E-state index contributed by atoms with van der Waals surface area (Å²) in [5.74, 6) is -1.44. The van der Waals surface area contributed by atoms with Gasteiger partial charge in [-0.05, 0) is 42.2 Å². The van der Waals surface area contributed by atoms with E-state index in [-0.39, 0.29) is 17.6 Å². The molecule has 0 saturated carbocycles. The predicted molar refractivity (Wildman–Crippen MR) is 118 cm³/mol. The van der Waals surface area contributed by atoms with Gasteiger partial charge in [0.25, 0.3) is 11.8 Å². The minimum absolute atomic E-state index is 0.182. The summed E-state index contributed by atoms with van der Waals surface area (Å²) in [5, 5.41) is 0. The lowest BCUT2D eigenvalue weighted by atomic mass is 10.0. The Labute approximate surface area is 187 Å². The minimum Gasteiger partial charge on any atom is -0.340 e. The number of amides is 3. The van der Waals surface area contributed by atoms with Gasteiger partial charge in [0.1, 0.15) is 11.9 Å². The van der Waals surface area contributed by atoms with Gasteiger partial charge in [0, 0.05) is 32.7 Å². The summed E-state index contributed by atoms with van der Waals surface area (Å²) in [4.78, 5) is 44.7. The zero-order valence-electron chi connectivity index (χ0n) is 18.5. The van der Waals surface area contributed by atoms with Crippen LogP contribution < -0.4 is 0 Å². The Balaban J connectivity index is 1.47. The first-order valence-electron chi connectivity index (χ1n) is 11.1. The minimum atomic E-state index is -0.828. The molecular formula is C25H28FN3O3. The largest absolute Gasteiger partial charge is 0.340 e. The van der Waals surface area contributed by atoms with Crippen molar-refractivity contribution in [3.63, 3.8) is 0 Å². The third kappa shape index (κ3) is 4.30.